The van der Waals surface area contributed by atoms with E-state index in [1.807, 2.05) is 0 Å². The molecule has 1 unspecified atom stereocenters. The largest absolute Gasteiger partial charge is 0.458 e. The molecule has 3 heterocycles. The zero-order valence-corrected chi connectivity index (χ0v) is 13.0. The van der Waals surface area contributed by atoms with Crippen molar-refractivity contribution in [3.63, 3.8) is 0 Å². The number of hydrogen-bond acceptors (Lipinski definition) is 6. The SMILES string of the molecule is Cc1noc(C)c1C(=O)N1CCCC(Oc2ncc(F)cn2)C1. The van der Waals surface area contributed by atoms with Crippen molar-refractivity contribution in [2.24, 2.45) is 0 Å². The van der Waals surface area contributed by atoms with E-state index in [4.69, 9.17) is 9.26 Å². The van der Waals surface area contributed by atoms with Crippen LogP contribution in [0.1, 0.15) is 34.7 Å². The van der Waals surface area contributed by atoms with Gasteiger partial charge < -0.3 is 14.2 Å². The summed E-state index contributed by atoms with van der Waals surface area (Å²) in [5.41, 5.74) is 1.08. The van der Waals surface area contributed by atoms with Gasteiger partial charge in [-0.3, -0.25) is 4.79 Å². The van der Waals surface area contributed by atoms with Crippen molar-refractivity contribution in [3.05, 3.63) is 35.2 Å². The fraction of sp³-hybridized carbons (Fsp3) is 0.467. The number of aromatic nitrogens is 3. The van der Waals surface area contributed by atoms with Crippen molar-refractivity contribution in [2.45, 2.75) is 32.8 Å². The molecule has 1 aliphatic rings. The van der Waals surface area contributed by atoms with Crippen LogP contribution in [0.15, 0.2) is 16.9 Å². The molecule has 1 aliphatic heterocycles. The first-order valence-corrected chi connectivity index (χ1v) is 7.41. The van der Waals surface area contributed by atoms with Crippen molar-refractivity contribution in [1.82, 2.24) is 20.0 Å². The Bertz CT molecular complexity index is 682. The highest BCUT2D eigenvalue weighted by Gasteiger charge is 2.29. The normalized spacial score (nSPS) is 18.0. The monoisotopic (exact) mass is 320 g/mol. The van der Waals surface area contributed by atoms with Crippen LogP contribution in [0.4, 0.5) is 4.39 Å². The van der Waals surface area contributed by atoms with E-state index in [0.717, 1.165) is 25.2 Å². The van der Waals surface area contributed by atoms with Crippen LogP contribution in [0.25, 0.3) is 0 Å². The van der Waals surface area contributed by atoms with Gasteiger partial charge in [0.15, 0.2) is 5.82 Å². The molecule has 7 nitrogen and oxygen atoms in total. The molecule has 1 saturated heterocycles. The standard InChI is InChI=1S/C15H17FN4O3/c1-9-13(10(2)23-19-9)14(21)20-5-3-4-12(8-20)22-15-17-6-11(16)7-18-15/h6-7,12H,3-5,8H2,1-2H3. The summed E-state index contributed by atoms with van der Waals surface area (Å²) in [7, 11) is 0. The molecule has 3 rings (SSSR count). The van der Waals surface area contributed by atoms with Gasteiger partial charge in [0.25, 0.3) is 5.91 Å². The lowest BCUT2D eigenvalue weighted by molar-refractivity contribution is 0.0513. The second-order valence-corrected chi connectivity index (χ2v) is 5.52. The predicted octanol–water partition coefficient (Wildman–Crippen LogP) is 1.90. The number of carbonyl (C=O) groups is 1. The molecule has 0 spiro atoms. The van der Waals surface area contributed by atoms with E-state index in [1.165, 1.54) is 0 Å². The minimum Gasteiger partial charge on any atom is -0.458 e. The number of aryl methyl sites for hydroxylation is 2. The molecule has 1 atom stereocenters. The molecular formula is C15H17FN4O3. The van der Waals surface area contributed by atoms with Crippen LogP contribution >= 0.6 is 0 Å². The number of nitrogens with zero attached hydrogens (tertiary/aromatic N) is 4. The Morgan fingerprint density at radius 3 is 2.78 bits per heavy atom. The van der Waals surface area contributed by atoms with Crippen molar-refractivity contribution < 1.29 is 18.4 Å². The second-order valence-electron chi connectivity index (χ2n) is 5.52. The number of hydrogen-bond donors (Lipinski definition) is 0. The molecular weight excluding hydrogens is 303 g/mol. The van der Waals surface area contributed by atoms with Gasteiger partial charge in [0.2, 0.25) is 0 Å². The van der Waals surface area contributed by atoms with Crippen LogP contribution < -0.4 is 4.74 Å². The van der Waals surface area contributed by atoms with Gasteiger partial charge in [-0.05, 0) is 26.7 Å². The Labute approximate surface area is 132 Å². The molecule has 1 fully saturated rings. The number of piperidine rings is 1. The first-order chi connectivity index (χ1) is 11.0. The van der Waals surface area contributed by atoms with Crippen molar-refractivity contribution in [1.29, 1.82) is 0 Å². The lowest BCUT2D eigenvalue weighted by Crippen LogP contribution is -2.44. The summed E-state index contributed by atoms with van der Waals surface area (Å²) in [4.78, 5) is 21.9. The molecule has 0 N–H and O–H groups in total. The summed E-state index contributed by atoms with van der Waals surface area (Å²) >= 11 is 0. The third-order valence-electron chi connectivity index (χ3n) is 3.78. The third-order valence-corrected chi connectivity index (χ3v) is 3.78. The van der Waals surface area contributed by atoms with Crippen LogP contribution in [-0.2, 0) is 0 Å². The highest BCUT2D eigenvalue weighted by Crippen LogP contribution is 2.20. The van der Waals surface area contributed by atoms with Gasteiger partial charge in [0, 0.05) is 6.54 Å². The van der Waals surface area contributed by atoms with E-state index < -0.39 is 5.82 Å². The predicted molar refractivity (Wildman–Crippen MR) is 77.5 cm³/mol. The molecule has 8 heteroatoms. The summed E-state index contributed by atoms with van der Waals surface area (Å²) in [5.74, 6) is -0.122. The van der Waals surface area contributed by atoms with E-state index in [2.05, 4.69) is 15.1 Å². The van der Waals surface area contributed by atoms with Crippen LogP contribution in [0, 0.1) is 19.7 Å². The quantitative estimate of drug-likeness (QED) is 0.859. The van der Waals surface area contributed by atoms with E-state index in [9.17, 15) is 9.18 Å². The van der Waals surface area contributed by atoms with Gasteiger partial charge in [-0.25, -0.2) is 14.4 Å². The Morgan fingerprint density at radius 2 is 2.13 bits per heavy atom. The van der Waals surface area contributed by atoms with Crippen molar-refractivity contribution in [2.75, 3.05) is 13.1 Å². The third kappa shape index (κ3) is 3.30. The van der Waals surface area contributed by atoms with Gasteiger partial charge in [-0.15, -0.1) is 0 Å². The fourth-order valence-corrected chi connectivity index (χ4v) is 2.68. The Kier molecular flexibility index (Phi) is 4.22. The first kappa shape index (κ1) is 15.4. The number of likely N-dealkylation sites (tertiary alicyclic amines) is 1. The molecule has 0 aliphatic carbocycles. The van der Waals surface area contributed by atoms with Gasteiger partial charge in [-0.1, -0.05) is 5.16 Å². The highest BCUT2D eigenvalue weighted by molar-refractivity contribution is 5.96. The number of ether oxygens (including phenoxy) is 1. The van der Waals surface area contributed by atoms with Crippen LogP contribution in [0.3, 0.4) is 0 Å². The molecule has 1 amide bonds. The lowest BCUT2D eigenvalue weighted by atomic mass is 10.1. The topological polar surface area (TPSA) is 81.4 Å². The van der Waals surface area contributed by atoms with Gasteiger partial charge >= 0.3 is 6.01 Å². The van der Waals surface area contributed by atoms with Crippen molar-refractivity contribution in [3.8, 4) is 6.01 Å². The Hall–Kier alpha value is -2.51. The molecule has 2 aromatic rings. The van der Waals surface area contributed by atoms with Gasteiger partial charge in [0.1, 0.15) is 17.4 Å². The van der Waals surface area contributed by atoms with Crippen LogP contribution in [0.5, 0.6) is 6.01 Å². The number of amides is 1. The lowest BCUT2D eigenvalue weighted by Gasteiger charge is -2.32. The van der Waals surface area contributed by atoms with E-state index >= 15 is 0 Å². The maximum atomic E-state index is 12.8. The minimum atomic E-state index is -0.517. The van der Waals surface area contributed by atoms with Gasteiger partial charge in [-0.2, -0.15) is 0 Å². The number of carbonyl (C=O) groups excluding carboxylic acids is 1. The maximum absolute atomic E-state index is 12.8. The summed E-state index contributed by atoms with van der Waals surface area (Å²) < 4.78 is 23.5. The highest BCUT2D eigenvalue weighted by atomic mass is 19.1. The van der Waals surface area contributed by atoms with E-state index in [1.54, 1.807) is 18.7 Å². The molecule has 23 heavy (non-hydrogen) atoms. The summed E-state index contributed by atoms with van der Waals surface area (Å²) in [5, 5.41) is 3.82. The molecule has 0 saturated carbocycles. The van der Waals surface area contributed by atoms with Crippen LogP contribution in [-0.4, -0.2) is 45.1 Å². The zero-order chi connectivity index (χ0) is 16.4. The fourth-order valence-electron chi connectivity index (χ4n) is 2.68. The molecule has 122 valence electrons. The summed E-state index contributed by atoms with van der Waals surface area (Å²) in [6.07, 6.45) is 3.47. The van der Waals surface area contributed by atoms with Gasteiger partial charge in [0.05, 0.1) is 24.6 Å². The Balaban J connectivity index is 1.68. The summed E-state index contributed by atoms with van der Waals surface area (Å²) in [6.45, 7) is 4.53. The molecule has 0 radical (unpaired) electrons. The molecule has 0 bridgehead atoms. The van der Waals surface area contributed by atoms with E-state index in [0.29, 0.717) is 30.1 Å². The van der Waals surface area contributed by atoms with Crippen LogP contribution in [0.2, 0.25) is 0 Å². The van der Waals surface area contributed by atoms with E-state index in [-0.39, 0.29) is 18.0 Å². The minimum absolute atomic E-state index is 0.114. The second kappa shape index (κ2) is 6.31. The summed E-state index contributed by atoms with van der Waals surface area (Å²) in [6, 6.07) is 0.114. The van der Waals surface area contributed by atoms with Crippen molar-refractivity contribution >= 4 is 5.91 Å². The smallest absolute Gasteiger partial charge is 0.316 e. The zero-order valence-electron chi connectivity index (χ0n) is 13.0. The number of halogens is 1. The molecule has 2 aromatic heterocycles. The first-order valence-electron chi connectivity index (χ1n) is 7.41. The average Bonchev–Trinajstić information content (AvgIpc) is 2.88. The average molecular weight is 320 g/mol. The molecule has 0 aromatic carbocycles. The Morgan fingerprint density at radius 1 is 1.39 bits per heavy atom. The number of rotatable bonds is 3. The maximum Gasteiger partial charge on any atom is 0.316 e.